The molecule has 0 aliphatic heterocycles. The fourth-order valence-electron chi connectivity index (χ4n) is 6.15. The maximum Gasteiger partial charge on any atom is 0.268 e. The third-order valence-electron chi connectivity index (χ3n) is 7.05. The standard InChI is InChI=1S/C25H28N2O3/c1-16-4-6-20(7-5-16)23(28)26-22(12-21-3-2-8-30-21)24(29)27-25-13-17-9-18(14-25)11-19(10-17)15-25/h2-8,12,17-19H,9-11,13-15H2,1H3,(H,26,28)(H,27,29)/b22-12-. The number of hydrogen-bond acceptors (Lipinski definition) is 3. The minimum Gasteiger partial charge on any atom is -0.465 e. The highest BCUT2D eigenvalue weighted by Crippen LogP contribution is 2.55. The molecular weight excluding hydrogens is 376 g/mol. The fourth-order valence-corrected chi connectivity index (χ4v) is 6.15. The van der Waals surface area contributed by atoms with Crippen molar-refractivity contribution in [1.29, 1.82) is 0 Å². The molecular formula is C25H28N2O3. The van der Waals surface area contributed by atoms with Crippen molar-refractivity contribution in [1.82, 2.24) is 10.6 Å². The Bertz CT molecular complexity index is 937. The molecule has 4 aliphatic rings. The van der Waals surface area contributed by atoms with Crippen molar-refractivity contribution in [2.24, 2.45) is 17.8 Å². The second-order valence-corrected chi connectivity index (χ2v) is 9.55. The molecule has 4 fully saturated rings. The third kappa shape index (κ3) is 3.81. The molecule has 4 bridgehead atoms. The van der Waals surface area contributed by atoms with E-state index in [0.717, 1.165) is 42.6 Å². The topological polar surface area (TPSA) is 71.3 Å². The van der Waals surface area contributed by atoms with Crippen LogP contribution in [0.5, 0.6) is 0 Å². The van der Waals surface area contributed by atoms with Crippen LogP contribution in [0.15, 0.2) is 52.8 Å². The molecule has 156 valence electrons. The van der Waals surface area contributed by atoms with Gasteiger partial charge in [0.15, 0.2) is 0 Å². The van der Waals surface area contributed by atoms with Crippen molar-refractivity contribution in [2.75, 3.05) is 0 Å². The van der Waals surface area contributed by atoms with E-state index in [0.29, 0.717) is 11.3 Å². The minimum atomic E-state index is -0.298. The van der Waals surface area contributed by atoms with Crippen LogP contribution in [0.1, 0.15) is 60.2 Å². The zero-order valence-corrected chi connectivity index (χ0v) is 17.3. The first-order valence-electron chi connectivity index (χ1n) is 10.9. The number of rotatable bonds is 5. The van der Waals surface area contributed by atoms with Crippen molar-refractivity contribution >= 4 is 17.9 Å². The Labute approximate surface area is 176 Å². The van der Waals surface area contributed by atoms with Gasteiger partial charge in [-0.2, -0.15) is 0 Å². The van der Waals surface area contributed by atoms with Gasteiger partial charge < -0.3 is 15.1 Å². The van der Waals surface area contributed by atoms with Gasteiger partial charge in [0.1, 0.15) is 11.5 Å². The van der Waals surface area contributed by atoms with Gasteiger partial charge in [-0.05, 0) is 87.5 Å². The van der Waals surface area contributed by atoms with Gasteiger partial charge in [0.05, 0.1) is 6.26 Å². The number of nitrogens with one attached hydrogen (secondary N) is 2. The van der Waals surface area contributed by atoms with Crippen LogP contribution in [-0.4, -0.2) is 17.4 Å². The maximum atomic E-state index is 13.3. The Balaban J connectivity index is 1.37. The quantitative estimate of drug-likeness (QED) is 0.724. The van der Waals surface area contributed by atoms with E-state index in [1.54, 1.807) is 36.6 Å². The van der Waals surface area contributed by atoms with E-state index in [9.17, 15) is 9.59 Å². The van der Waals surface area contributed by atoms with Crippen molar-refractivity contribution < 1.29 is 14.0 Å². The molecule has 0 radical (unpaired) electrons. The van der Waals surface area contributed by atoms with Gasteiger partial charge in [-0.25, -0.2) is 0 Å². The van der Waals surface area contributed by atoms with Gasteiger partial charge in [-0.15, -0.1) is 0 Å². The lowest BCUT2D eigenvalue weighted by Crippen LogP contribution is -2.60. The first-order chi connectivity index (χ1) is 14.5. The van der Waals surface area contributed by atoms with Crippen molar-refractivity contribution in [3.8, 4) is 0 Å². The summed E-state index contributed by atoms with van der Waals surface area (Å²) >= 11 is 0. The summed E-state index contributed by atoms with van der Waals surface area (Å²) in [5.74, 6) is 2.21. The summed E-state index contributed by atoms with van der Waals surface area (Å²) in [5, 5.41) is 6.16. The van der Waals surface area contributed by atoms with Crippen LogP contribution in [0, 0.1) is 24.7 Å². The van der Waals surface area contributed by atoms with Crippen molar-refractivity contribution in [3.05, 3.63) is 65.2 Å². The molecule has 2 amide bonds. The summed E-state index contributed by atoms with van der Waals surface area (Å²) in [4.78, 5) is 26.1. The molecule has 1 aromatic heterocycles. The number of carbonyl (C=O) groups excluding carboxylic acids is 2. The largest absolute Gasteiger partial charge is 0.465 e. The molecule has 4 aliphatic carbocycles. The van der Waals surface area contributed by atoms with E-state index in [1.807, 2.05) is 19.1 Å². The van der Waals surface area contributed by atoms with E-state index in [2.05, 4.69) is 10.6 Å². The minimum absolute atomic E-state index is 0.122. The smallest absolute Gasteiger partial charge is 0.268 e. The summed E-state index contributed by atoms with van der Waals surface area (Å²) in [6.45, 7) is 1.98. The highest BCUT2D eigenvalue weighted by atomic mass is 16.3. The van der Waals surface area contributed by atoms with Gasteiger partial charge in [-0.1, -0.05) is 17.7 Å². The van der Waals surface area contributed by atoms with Gasteiger partial charge in [-0.3, -0.25) is 9.59 Å². The molecule has 0 atom stereocenters. The molecule has 2 aromatic rings. The summed E-state index contributed by atoms with van der Waals surface area (Å²) in [5.41, 5.74) is 1.71. The molecule has 30 heavy (non-hydrogen) atoms. The third-order valence-corrected chi connectivity index (χ3v) is 7.05. The van der Waals surface area contributed by atoms with E-state index in [-0.39, 0.29) is 23.1 Å². The molecule has 5 heteroatoms. The van der Waals surface area contributed by atoms with Gasteiger partial charge in [0, 0.05) is 17.2 Å². The van der Waals surface area contributed by atoms with Crippen LogP contribution in [0.25, 0.3) is 6.08 Å². The summed E-state index contributed by atoms with van der Waals surface area (Å²) < 4.78 is 5.40. The first kappa shape index (κ1) is 19.2. The van der Waals surface area contributed by atoms with E-state index in [4.69, 9.17) is 4.42 Å². The fraction of sp³-hybridized carbons (Fsp3) is 0.440. The summed E-state index contributed by atoms with van der Waals surface area (Å²) in [6, 6.07) is 10.9. The highest BCUT2D eigenvalue weighted by Gasteiger charge is 2.51. The Morgan fingerprint density at radius 1 is 1.00 bits per heavy atom. The van der Waals surface area contributed by atoms with Gasteiger partial charge in [0.25, 0.3) is 11.8 Å². The summed E-state index contributed by atoms with van der Waals surface area (Å²) in [7, 11) is 0. The van der Waals surface area contributed by atoms with Crippen molar-refractivity contribution in [2.45, 2.75) is 51.0 Å². The van der Waals surface area contributed by atoms with Crippen LogP contribution in [0.4, 0.5) is 0 Å². The Morgan fingerprint density at radius 2 is 1.63 bits per heavy atom. The molecule has 5 nitrogen and oxygen atoms in total. The monoisotopic (exact) mass is 404 g/mol. The molecule has 6 rings (SSSR count). The van der Waals surface area contributed by atoms with Crippen LogP contribution in [0.2, 0.25) is 0 Å². The zero-order chi connectivity index (χ0) is 20.7. The molecule has 1 heterocycles. The molecule has 1 aromatic carbocycles. The Hall–Kier alpha value is -2.82. The predicted molar refractivity (Wildman–Crippen MR) is 114 cm³/mol. The SMILES string of the molecule is Cc1ccc(C(=O)N/C(=C\c2ccco2)C(=O)NC23CC4CC(CC(C4)C2)C3)cc1. The number of furan rings is 1. The molecule has 0 saturated heterocycles. The molecule has 4 saturated carbocycles. The van der Waals surface area contributed by atoms with Crippen LogP contribution in [0.3, 0.4) is 0 Å². The second kappa shape index (κ2) is 7.46. The average Bonchev–Trinajstić information content (AvgIpc) is 3.19. The summed E-state index contributed by atoms with van der Waals surface area (Å²) in [6.07, 6.45) is 10.3. The van der Waals surface area contributed by atoms with Crippen LogP contribution < -0.4 is 10.6 Å². The van der Waals surface area contributed by atoms with Crippen molar-refractivity contribution in [3.63, 3.8) is 0 Å². The van der Waals surface area contributed by atoms with Gasteiger partial charge >= 0.3 is 0 Å². The number of amides is 2. The van der Waals surface area contributed by atoms with E-state index in [1.165, 1.54) is 19.3 Å². The molecule has 2 N–H and O–H groups in total. The number of carbonyl (C=O) groups is 2. The van der Waals surface area contributed by atoms with E-state index < -0.39 is 0 Å². The lowest BCUT2D eigenvalue weighted by atomic mass is 9.53. The average molecular weight is 405 g/mol. The number of benzene rings is 1. The highest BCUT2D eigenvalue weighted by molar-refractivity contribution is 6.05. The number of aryl methyl sites for hydroxylation is 1. The zero-order valence-electron chi connectivity index (χ0n) is 17.3. The van der Waals surface area contributed by atoms with E-state index >= 15 is 0 Å². The Kier molecular flexibility index (Phi) is 4.76. The normalized spacial score (nSPS) is 29.6. The van der Waals surface area contributed by atoms with Gasteiger partial charge in [0.2, 0.25) is 0 Å². The second-order valence-electron chi connectivity index (χ2n) is 9.55. The maximum absolute atomic E-state index is 13.3. The molecule has 0 unspecified atom stereocenters. The lowest BCUT2D eigenvalue weighted by molar-refractivity contribution is -0.123. The Morgan fingerprint density at radius 3 is 2.20 bits per heavy atom. The van der Waals surface area contributed by atoms with Crippen LogP contribution in [-0.2, 0) is 4.79 Å². The predicted octanol–water partition coefficient (Wildman–Crippen LogP) is 4.44. The van der Waals surface area contributed by atoms with Crippen LogP contribution >= 0.6 is 0 Å². The lowest BCUT2D eigenvalue weighted by Gasteiger charge is -2.56. The molecule has 0 spiro atoms. The number of hydrogen-bond donors (Lipinski definition) is 2. The first-order valence-corrected chi connectivity index (χ1v) is 10.9.